The van der Waals surface area contributed by atoms with Crippen LogP contribution in [0.2, 0.25) is 0 Å². The van der Waals surface area contributed by atoms with Crippen molar-refractivity contribution in [1.82, 2.24) is 9.80 Å². The van der Waals surface area contributed by atoms with Crippen molar-refractivity contribution in [2.75, 3.05) is 32.0 Å². The normalized spacial score (nSPS) is 21.3. The molecule has 2 heterocycles. The number of anilines is 1. The van der Waals surface area contributed by atoms with Crippen LogP contribution in [0, 0.1) is 11.8 Å². The number of nitrogens with one attached hydrogen (secondary N) is 1. The summed E-state index contributed by atoms with van der Waals surface area (Å²) in [7, 11) is 1.76. The highest BCUT2D eigenvalue weighted by atomic mass is 16.2. The van der Waals surface area contributed by atoms with Crippen LogP contribution in [0.3, 0.4) is 0 Å². The van der Waals surface area contributed by atoms with Crippen LogP contribution in [-0.4, -0.2) is 48.3 Å². The summed E-state index contributed by atoms with van der Waals surface area (Å²) in [5.74, 6) is 1.22. The van der Waals surface area contributed by atoms with Gasteiger partial charge >= 0.3 is 0 Å². The minimum Gasteiger partial charge on any atom is -0.337 e. The second kappa shape index (κ2) is 9.23. The van der Waals surface area contributed by atoms with Gasteiger partial charge in [-0.2, -0.15) is 0 Å². The van der Waals surface area contributed by atoms with E-state index >= 15 is 0 Å². The lowest BCUT2D eigenvalue weighted by molar-refractivity contribution is 0.0812. The van der Waals surface area contributed by atoms with Crippen molar-refractivity contribution >= 4 is 17.5 Å². The van der Waals surface area contributed by atoms with Crippen molar-refractivity contribution in [2.45, 2.75) is 39.7 Å². The number of carbonyl (C=O) groups excluding carboxylic acids is 2. The van der Waals surface area contributed by atoms with Crippen molar-refractivity contribution in [2.24, 2.45) is 11.8 Å². The Morgan fingerprint density at radius 2 is 1.94 bits per heavy atom. The first-order valence-electron chi connectivity index (χ1n) is 11.5. The summed E-state index contributed by atoms with van der Waals surface area (Å²) >= 11 is 0. The van der Waals surface area contributed by atoms with Crippen LogP contribution in [0.25, 0.3) is 0 Å². The predicted molar refractivity (Wildman–Crippen MR) is 124 cm³/mol. The number of nitrogens with zero attached hydrogens (tertiary/aromatic N) is 2. The Balaban J connectivity index is 1.35. The second-order valence-electron chi connectivity index (χ2n) is 9.11. The Hall–Kier alpha value is -2.66. The van der Waals surface area contributed by atoms with E-state index in [1.54, 1.807) is 18.0 Å². The summed E-state index contributed by atoms with van der Waals surface area (Å²) in [6.07, 6.45) is 3.58. The number of carbonyl (C=O) groups is 2. The van der Waals surface area contributed by atoms with E-state index < -0.39 is 0 Å². The molecule has 2 aromatic carbocycles. The number of amides is 2. The first-order valence-corrected chi connectivity index (χ1v) is 11.5. The quantitative estimate of drug-likeness (QED) is 0.753. The summed E-state index contributed by atoms with van der Waals surface area (Å²) in [6, 6.07) is 13.6. The summed E-state index contributed by atoms with van der Waals surface area (Å²) in [4.78, 5) is 29.5. The molecule has 2 aliphatic rings. The highest BCUT2D eigenvalue weighted by Gasteiger charge is 2.29. The van der Waals surface area contributed by atoms with Gasteiger partial charge in [0.1, 0.15) is 0 Å². The van der Waals surface area contributed by atoms with E-state index in [0.717, 1.165) is 36.1 Å². The van der Waals surface area contributed by atoms with Crippen LogP contribution in [0.15, 0.2) is 42.5 Å². The van der Waals surface area contributed by atoms with Crippen molar-refractivity contribution in [3.05, 3.63) is 64.7 Å². The van der Waals surface area contributed by atoms with Crippen LogP contribution >= 0.6 is 0 Å². The van der Waals surface area contributed by atoms with Gasteiger partial charge in [-0.05, 0) is 73.5 Å². The average molecular weight is 420 g/mol. The summed E-state index contributed by atoms with van der Waals surface area (Å²) in [6.45, 7) is 8.77. The van der Waals surface area contributed by atoms with Gasteiger partial charge in [0.05, 0.1) is 11.1 Å². The first kappa shape index (κ1) is 21.6. The van der Waals surface area contributed by atoms with Crippen molar-refractivity contribution in [3.8, 4) is 0 Å². The number of aryl methyl sites for hydroxylation is 1. The molecule has 0 saturated carbocycles. The highest BCUT2D eigenvalue weighted by Crippen LogP contribution is 2.28. The van der Waals surface area contributed by atoms with E-state index in [-0.39, 0.29) is 11.8 Å². The molecule has 0 radical (unpaired) electrons. The van der Waals surface area contributed by atoms with Crippen molar-refractivity contribution < 1.29 is 9.59 Å². The minimum atomic E-state index is -0.232. The SMILES string of the molecule is CCN1CCC(CCc2ccc(NC(=O)c3cccc4c3C(=O)N(C)C4)cc2)C(C)C1. The summed E-state index contributed by atoms with van der Waals surface area (Å²) in [5, 5.41) is 2.96. The van der Waals surface area contributed by atoms with Gasteiger partial charge in [-0.3, -0.25) is 9.59 Å². The number of likely N-dealkylation sites (tertiary alicyclic amines) is 1. The van der Waals surface area contributed by atoms with Crippen LogP contribution in [0.4, 0.5) is 5.69 Å². The maximum atomic E-state index is 12.8. The van der Waals surface area contributed by atoms with E-state index in [0.29, 0.717) is 17.7 Å². The molecule has 0 bridgehead atoms. The molecule has 2 unspecified atom stereocenters. The third kappa shape index (κ3) is 4.67. The van der Waals surface area contributed by atoms with Gasteiger partial charge in [-0.1, -0.05) is 38.1 Å². The number of piperidine rings is 1. The van der Waals surface area contributed by atoms with Gasteiger partial charge < -0.3 is 15.1 Å². The van der Waals surface area contributed by atoms with Gasteiger partial charge in [0.2, 0.25) is 0 Å². The molecular formula is C26H33N3O2. The Morgan fingerprint density at radius 1 is 1.16 bits per heavy atom. The summed E-state index contributed by atoms with van der Waals surface area (Å²) in [5.41, 5.74) is 3.95. The lowest BCUT2D eigenvalue weighted by Crippen LogP contribution is -2.39. The molecular weight excluding hydrogens is 386 g/mol. The molecule has 164 valence electrons. The zero-order chi connectivity index (χ0) is 22.0. The third-order valence-corrected chi connectivity index (χ3v) is 6.99. The Morgan fingerprint density at radius 3 is 2.65 bits per heavy atom. The maximum Gasteiger partial charge on any atom is 0.256 e. The summed E-state index contributed by atoms with van der Waals surface area (Å²) < 4.78 is 0. The lowest BCUT2D eigenvalue weighted by Gasteiger charge is -2.36. The van der Waals surface area contributed by atoms with E-state index in [9.17, 15) is 9.59 Å². The molecule has 1 fully saturated rings. The lowest BCUT2D eigenvalue weighted by atomic mass is 9.83. The second-order valence-corrected chi connectivity index (χ2v) is 9.11. The van der Waals surface area contributed by atoms with Crippen molar-refractivity contribution in [3.63, 3.8) is 0 Å². The Labute approximate surface area is 185 Å². The molecule has 2 atom stereocenters. The largest absolute Gasteiger partial charge is 0.337 e. The van der Waals surface area contributed by atoms with Gasteiger partial charge in [0.25, 0.3) is 11.8 Å². The molecule has 5 nitrogen and oxygen atoms in total. The van der Waals surface area contributed by atoms with Crippen molar-refractivity contribution in [1.29, 1.82) is 0 Å². The van der Waals surface area contributed by atoms with Crippen LogP contribution < -0.4 is 5.32 Å². The molecule has 4 rings (SSSR count). The number of fused-ring (bicyclic) bond motifs is 1. The smallest absolute Gasteiger partial charge is 0.256 e. The molecule has 0 aromatic heterocycles. The maximum absolute atomic E-state index is 12.8. The Kier molecular flexibility index (Phi) is 6.42. The van der Waals surface area contributed by atoms with E-state index in [1.807, 2.05) is 24.3 Å². The fourth-order valence-corrected chi connectivity index (χ4v) is 4.99. The standard InChI is InChI=1S/C26H33N3O2/c1-4-29-15-14-20(18(2)16-29)11-8-19-9-12-22(13-10-19)27-25(30)23-7-5-6-21-17-28(3)26(31)24(21)23/h5-7,9-10,12-13,18,20H,4,8,11,14-17H2,1-3H3,(H,27,30). The Bertz CT molecular complexity index is 954. The first-order chi connectivity index (χ1) is 15.0. The number of hydrogen-bond donors (Lipinski definition) is 1. The van der Waals surface area contributed by atoms with E-state index in [2.05, 4.69) is 36.2 Å². The van der Waals surface area contributed by atoms with E-state index in [4.69, 9.17) is 0 Å². The number of hydrogen-bond acceptors (Lipinski definition) is 3. The molecule has 31 heavy (non-hydrogen) atoms. The van der Waals surface area contributed by atoms with Crippen LogP contribution in [0.1, 0.15) is 58.5 Å². The average Bonchev–Trinajstić information content (AvgIpc) is 3.07. The topological polar surface area (TPSA) is 52.7 Å². The number of rotatable bonds is 6. The molecule has 1 N–H and O–H groups in total. The molecule has 0 spiro atoms. The van der Waals surface area contributed by atoms with Crippen LogP contribution in [-0.2, 0) is 13.0 Å². The van der Waals surface area contributed by atoms with Gasteiger partial charge in [-0.25, -0.2) is 0 Å². The highest BCUT2D eigenvalue weighted by molar-refractivity contribution is 6.13. The molecule has 5 heteroatoms. The molecule has 1 saturated heterocycles. The van der Waals surface area contributed by atoms with Gasteiger partial charge in [-0.15, -0.1) is 0 Å². The third-order valence-electron chi connectivity index (χ3n) is 6.99. The molecule has 0 aliphatic carbocycles. The van der Waals surface area contributed by atoms with Gasteiger partial charge in [0.15, 0.2) is 0 Å². The fraction of sp³-hybridized carbons (Fsp3) is 0.462. The molecule has 2 amide bonds. The zero-order valence-electron chi connectivity index (χ0n) is 18.9. The fourth-order valence-electron chi connectivity index (χ4n) is 4.99. The zero-order valence-corrected chi connectivity index (χ0v) is 18.9. The van der Waals surface area contributed by atoms with Gasteiger partial charge in [0, 0.05) is 25.8 Å². The van der Waals surface area contributed by atoms with Crippen LogP contribution in [0.5, 0.6) is 0 Å². The predicted octanol–water partition coefficient (Wildman–Crippen LogP) is 4.44. The minimum absolute atomic E-state index is 0.0879. The number of benzene rings is 2. The monoisotopic (exact) mass is 419 g/mol. The molecule has 2 aromatic rings. The molecule has 2 aliphatic heterocycles. The van der Waals surface area contributed by atoms with E-state index in [1.165, 1.54) is 31.5 Å².